The fourth-order valence-electron chi connectivity index (χ4n) is 2.13. The average Bonchev–Trinajstić information content (AvgIpc) is 3.01. The van der Waals surface area contributed by atoms with Gasteiger partial charge in [0.1, 0.15) is 5.75 Å². The summed E-state index contributed by atoms with van der Waals surface area (Å²) in [6.45, 7) is 6.86. The highest BCUT2D eigenvalue weighted by molar-refractivity contribution is 5.37. The monoisotopic (exact) mass is 273 g/mol. The van der Waals surface area contributed by atoms with Crippen LogP contribution in [0.2, 0.25) is 0 Å². The van der Waals surface area contributed by atoms with Gasteiger partial charge in [-0.1, -0.05) is 18.2 Å². The molecule has 0 saturated heterocycles. The third-order valence-electron chi connectivity index (χ3n) is 3.18. The highest BCUT2D eigenvalue weighted by Gasteiger charge is 2.28. The van der Waals surface area contributed by atoms with Crippen molar-refractivity contribution in [2.24, 2.45) is 0 Å². The highest BCUT2D eigenvalue weighted by atomic mass is 16.5. The second kappa shape index (κ2) is 4.90. The molecule has 1 atom stereocenters. The lowest BCUT2D eigenvalue weighted by Crippen LogP contribution is -2.35. The van der Waals surface area contributed by atoms with E-state index in [0.717, 1.165) is 12.2 Å². The lowest BCUT2D eigenvalue weighted by Gasteiger charge is -2.18. The Hall–Kier alpha value is -1.88. The van der Waals surface area contributed by atoms with Gasteiger partial charge >= 0.3 is 0 Å². The van der Waals surface area contributed by atoms with Gasteiger partial charge in [-0.2, -0.15) is 0 Å². The van der Waals surface area contributed by atoms with Crippen molar-refractivity contribution in [3.8, 4) is 5.75 Å². The Balaban J connectivity index is 1.67. The van der Waals surface area contributed by atoms with Gasteiger partial charge in [0.2, 0.25) is 5.89 Å². The first-order valence-electron chi connectivity index (χ1n) is 6.83. The van der Waals surface area contributed by atoms with Gasteiger partial charge in [0.25, 0.3) is 5.89 Å². The Kier molecular flexibility index (Phi) is 3.22. The Morgan fingerprint density at radius 3 is 2.80 bits per heavy atom. The zero-order chi connectivity index (χ0) is 14.2. The van der Waals surface area contributed by atoms with Crippen LogP contribution < -0.4 is 10.1 Å². The van der Waals surface area contributed by atoms with E-state index in [1.165, 1.54) is 5.56 Å². The summed E-state index contributed by atoms with van der Waals surface area (Å²) in [7, 11) is 0. The summed E-state index contributed by atoms with van der Waals surface area (Å²) in [6, 6.07) is 8.01. The highest BCUT2D eigenvalue weighted by Crippen LogP contribution is 2.35. The second-order valence-electron chi connectivity index (χ2n) is 6.06. The van der Waals surface area contributed by atoms with Gasteiger partial charge in [-0.05, 0) is 32.4 Å². The molecule has 0 spiro atoms. The second-order valence-corrected chi connectivity index (χ2v) is 6.06. The normalized spacial score (nSPS) is 17.9. The molecule has 20 heavy (non-hydrogen) atoms. The van der Waals surface area contributed by atoms with Crippen molar-refractivity contribution < 1.29 is 9.15 Å². The average molecular weight is 273 g/mol. The number of benzene rings is 1. The van der Waals surface area contributed by atoms with Crippen molar-refractivity contribution in [2.45, 2.75) is 45.4 Å². The number of aromatic nitrogens is 2. The van der Waals surface area contributed by atoms with E-state index >= 15 is 0 Å². The van der Waals surface area contributed by atoms with E-state index in [9.17, 15) is 0 Å². The molecule has 0 amide bonds. The van der Waals surface area contributed by atoms with Gasteiger partial charge in [-0.25, -0.2) is 0 Å². The third kappa shape index (κ3) is 2.82. The van der Waals surface area contributed by atoms with Crippen LogP contribution in [0.25, 0.3) is 0 Å². The molecule has 106 valence electrons. The van der Waals surface area contributed by atoms with Crippen LogP contribution in [0.5, 0.6) is 5.75 Å². The molecule has 5 heteroatoms. The van der Waals surface area contributed by atoms with Crippen molar-refractivity contribution in [2.75, 3.05) is 0 Å². The zero-order valence-corrected chi connectivity index (χ0v) is 12.0. The molecule has 2 heterocycles. The fraction of sp³-hybridized carbons (Fsp3) is 0.467. The maximum Gasteiger partial charge on any atom is 0.257 e. The molecule has 5 nitrogen and oxygen atoms in total. The Bertz CT molecular complexity index is 576. The molecule has 0 radical (unpaired) electrons. The van der Waals surface area contributed by atoms with Crippen LogP contribution in [0.4, 0.5) is 0 Å². The van der Waals surface area contributed by atoms with Crippen LogP contribution in [0, 0.1) is 0 Å². The van der Waals surface area contributed by atoms with Crippen molar-refractivity contribution in [3.63, 3.8) is 0 Å². The van der Waals surface area contributed by atoms with Crippen LogP contribution in [0.3, 0.4) is 0 Å². The minimum absolute atomic E-state index is 0.0225. The van der Waals surface area contributed by atoms with E-state index in [1.54, 1.807) is 0 Å². The van der Waals surface area contributed by atoms with Gasteiger partial charge in [-0.3, -0.25) is 0 Å². The summed E-state index contributed by atoms with van der Waals surface area (Å²) >= 11 is 0. The summed E-state index contributed by atoms with van der Waals surface area (Å²) in [5.74, 6) is 2.05. The minimum atomic E-state index is -0.164. The number of para-hydroxylation sites is 1. The smallest absolute Gasteiger partial charge is 0.257 e. The third-order valence-corrected chi connectivity index (χ3v) is 3.18. The molecule has 1 aliphatic rings. The standard InChI is InChI=1S/C15H19N3O2/c1-15(2,3)16-9-13-17-18-14(20-13)12-8-10-6-4-5-7-11(10)19-12/h4-7,12,16H,8-9H2,1-3H3. The predicted octanol–water partition coefficient (Wildman–Crippen LogP) is 2.63. The van der Waals surface area contributed by atoms with Crippen LogP contribution in [0.15, 0.2) is 28.7 Å². The number of hydrogen-bond acceptors (Lipinski definition) is 5. The topological polar surface area (TPSA) is 60.2 Å². The van der Waals surface area contributed by atoms with Crippen molar-refractivity contribution >= 4 is 0 Å². The molecule has 1 unspecified atom stereocenters. The van der Waals surface area contributed by atoms with Gasteiger partial charge < -0.3 is 14.5 Å². The molecular weight excluding hydrogens is 254 g/mol. The molecule has 0 bridgehead atoms. The number of hydrogen-bond donors (Lipinski definition) is 1. The maximum atomic E-state index is 5.84. The molecule has 1 N–H and O–H groups in total. The van der Waals surface area contributed by atoms with Gasteiger partial charge in [0.15, 0.2) is 6.10 Å². The van der Waals surface area contributed by atoms with E-state index in [4.69, 9.17) is 9.15 Å². The fourth-order valence-corrected chi connectivity index (χ4v) is 2.13. The summed E-state index contributed by atoms with van der Waals surface area (Å²) in [5.41, 5.74) is 1.21. The van der Waals surface area contributed by atoms with E-state index in [0.29, 0.717) is 18.3 Å². The SMILES string of the molecule is CC(C)(C)NCc1nnc(C2Cc3ccccc3O2)o1. The molecule has 1 aromatic carbocycles. The summed E-state index contributed by atoms with van der Waals surface area (Å²) < 4.78 is 11.5. The molecule has 3 rings (SSSR count). The van der Waals surface area contributed by atoms with Crippen molar-refractivity contribution in [1.82, 2.24) is 15.5 Å². The zero-order valence-electron chi connectivity index (χ0n) is 12.0. The van der Waals surface area contributed by atoms with Crippen molar-refractivity contribution in [1.29, 1.82) is 0 Å². The van der Waals surface area contributed by atoms with Crippen LogP contribution in [-0.4, -0.2) is 15.7 Å². The molecule has 0 aliphatic carbocycles. The van der Waals surface area contributed by atoms with Crippen LogP contribution >= 0.6 is 0 Å². The van der Waals surface area contributed by atoms with Gasteiger partial charge in [0, 0.05) is 12.0 Å². The maximum absolute atomic E-state index is 5.84. The van der Waals surface area contributed by atoms with E-state index in [1.807, 2.05) is 18.2 Å². The van der Waals surface area contributed by atoms with Gasteiger partial charge in [0.05, 0.1) is 6.54 Å². The number of ether oxygens (including phenoxy) is 1. The predicted molar refractivity (Wildman–Crippen MR) is 74.4 cm³/mol. The first-order valence-corrected chi connectivity index (χ1v) is 6.83. The minimum Gasteiger partial charge on any atom is -0.480 e. The molecule has 1 aliphatic heterocycles. The van der Waals surface area contributed by atoms with E-state index < -0.39 is 0 Å². The Morgan fingerprint density at radius 1 is 1.25 bits per heavy atom. The van der Waals surface area contributed by atoms with Gasteiger partial charge in [-0.15, -0.1) is 10.2 Å². The number of fused-ring (bicyclic) bond motifs is 1. The molecule has 0 saturated carbocycles. The van der Waals surface area contributed by atoms with Crippen LogP contribution in [0.1, 0.15) is 44.2 Å². The molecule has 0 fully saturated rings. The Labute approximate surface area is 118 Å². The largest absolute Gasteiger partial charge is 0.480 e. The summed E-state index contributed by atoms with van der Waals surface area (Å²) in [6.07, 6.45) is 0.619. The number of rotatable bonds is 3. The molecular formula is C15H19N3O2. The lowest BCUT2D eigenvalue weighted by atomic mass is 10.1. The van der Waals surface area contributed by atoms with Crippen LogP contribution in [-0.2, 0) is 13.0 Å². The first-order chi connectivity index (χ1) is 9.51. The lowest BCUT2D eigenvalue weighted by molar-refractivity contribution is 0.193. The molecule has 2 aromatic rings. The van der Waals surface area contributed by atoms with E-state index in [-0.39, 0.29) is 11.6 Å². The Morgan fingerprint density at radius 2 is 2.05 bits per heavy atom. The quantitative estimate of drug-likeness (QED) is 0.931. The van der Waals surface area contributed by atoms with E-state index in [2.05, 4.69) is 42.4 Å². The summed E-state index contributed by atoms with van der Waals surface area (Å²) in [5, 5.41) is 11.5. The first kappa shape index (κ1) is 13.1. The summed E-state index contributed by atoms with van der Waals surface area (Å²) in [4.78, 5) is 0. The number of nitrogens with one attached hydrogen (secondary N) is 1. The van der Waals surface area contributed by atoms with Crippen molar-refractivity contribution in [3.05, 3.63) is 41.6 Å². The number of nitrogens with zero attached hydrogens (tertiary/aromatic N) is 2. The molecule has 1 aromatic heterocycles.